The number of hydrogen-bond acceptors (Lipinski definition) is 2. The monoisotopic (exact) mass is 221 g/mol. The van der Waals surface area contributed by atoms with Crippen molar-refractivity contribution in [2.45, 2.75) is 47.6 Å². The van der Waals surface area contributed by atoms with Gasteiger partial charge in [-0.2, -0.15) is 5.10 Å². The quantitative estimate of drug-likeness (QED) is 0.790. The normalized spacial score (nSPS) is 20.4. The lowest BCUT2D eigenvalue weighted by atomic mass is 9.88. The molecule has 0 amide bonds. The van der Waals surface area contributed by atoms with Crippen LogP contribution >= 0.6 is 0 Å². The molecule has 3 heteroatoms. The van der Waals surface area contributed by atoms with E-state index in [4.69, 9.17) is 0 Å². The summed E-state index contributed by atoms with van der Waals surface area (Å²) in [4.78, 5) is 0. The van der Waals surface area contributed by atoms with E-state index >= 15 is 0 Å². The lowest BCUT2D eigenvalue weighted by Gasteiger charge is -2.24. The predicted octanol–water partition coefficient (Wildman–Crippen LogP) is 2.84. The van der Waals surface area contributed by atoms with Gasteiger partial charge in [0.05, 0.1) is 5.69 Å². The Hall–Kier alpha value is -0.990. The number of nitrogens with zero attached hydrogens (tertiary/aromatic N) is 2. The topological polar surface area (TPSA) is 29.9 Å². The molecule has 1 N–H and O–H groups in total. The molecule has 0 radical (unpaired) electrons. The van der Waals surface area contributed by atoms with Gasteiger partial charge in [0.15, 0.2) is 0 Å². The first-order valence-electron chi connectivity index (χ1n) is 6.17. The maximum Gasteiger partial charge on any atom is 0.127 e. The van der Waals surface area contributed by atoms with E-state index < -0.39 is 0 Å². The van der Waals surface area contributed by atoms with Crippen molar-refractivity contribution in [3.63, 3.8) is 0 Å². The Balaban J connectivity index is 2.32. The van der Waals surface area contributed by atoms with Gasteiger partial charge in [0, 0.05) is 18.7 Å². The second-order valence-corrected chi connectivity index (χ2v) is 6.32. The zero-order valence-corrected chi connectivity index (χ0v) is 11.1. The van der Waals surface area contributed by atoms with Gasteiger partial charge in [0.2, 0.25) is 0 Å². The van der Waals surface area contributed by atoms with Gasteiger partial charge in [-0.25, -0.2) is 4.68 Å². The lowest BCUT2D eigenvalue weighted by molar-refractivity contribution is 0.408. The second kappa shape index (κ2) is 3.79. The minimum Gasteiger partial charge on any atom is -0.370 e. The van der Waals surface area contributed by atoms with E-state index in [1.54, 1.807) is 0 Å². The number of rotatable bonds is 1. The Labute approximate surface area is 98.2 Å². The van der Waals surface area contributed by atoms with Crippen LogP contribution in [0.2, 0.25) is 0 Å². The third kappa shape index (κ3) is 2.23. The van der Waals surface area contributed by atoms with Gasteiger partial charge in [0.25, 0.3) is 0 Å². The van der Waals surface area contributed by atoms with E-state index in [1.165, 1.54) is 17.1 Å². The van der Waals surface area contributed by atoms with E-state index in [1.807, 2.05) is 0 Å². The molecule has 1 atom stereocenters. The maximum absolute atomic E-state index is 4.64. The third-order valence-electron chi connectivity index (χ3n) is 3.06. The van der Waals surface area contributed by atoms with Crippen molar-refractivity contribution in [2.24, 2.45) is 11.3 Å². The molecule has 0 aliphatic carbocycles. The number of aromatic nitrogens is 2. The third-order valence-corrected chi connectivity index (χ3v) is 3.06. The van der Waals surface area contributed by atoms with Gasteiger partial charge in [-0.15, -0.1) is 0 Å². The molecule has 2 heterocycles. The highest BCUT2D eigenvalue weighted by Gasteiger charge is 2.24. The smallest absolute Gasteiger partial charge is 0.127 e. The summed E-state index contributed by atoms with van der Waals surface area (Å²) < 4.78 is 2.14. The molecule has 0 spiro atoms. The van der Waals surface area contributed by atoms with Crippen molar-refractivity contribution >= 4 is 5.82 Å². The van der Waals surface area contributed by atoms with Crippen LogP contribution in [-0.4, -0.2) is 16.3 Å². The van der Waals surface area contributed by atoms with Gasteiger partial charge in [-0.05, 0) is 24.7 Å². The highest BCUT2D eigenvalue weighted by atomic mass is 15.3. The number of hydrogen-bond donors (Lipinski definition) is 1. The summed E-state index contributed by atoms with van der Waals surface area (Å²) >= 11 is 0. The van der Waals surface area contributed by atoms with Crippen molar-refractivity contribution in [2.75, 3.05) is 11.9 Å². The zero-order chi connectivity index (χ0) is 11.9. The van der Waals surface area contributed by atoms with Crippen LogP contribution in [0.25, 0.3) is 0 Å². The number of fused-ring (bicyclic) bond motifs is 1. The first-order chi connectivity index (χ1) is 7.37. The SMILES string of the molecule is Cc1nn2c(c1CC(C)(C)C)NCC(C)C2. The fraction of sp³-hybridized carbons (Fsp3) is 0.769. The first kappa shape index (κ1) is 11.5. The Morgan fingerprint density at radius 2 is 2.12 bits per heavy atom. The molecule has 0 bridgehead atoms. The average Bonchev–Trinajstić information content (AvgIpc) is 2.40. The van der Waals surface area contributed by atoms with Crippen LogP contribution in [0, 0.1) is 18.3 Å². The summed E-state index contributed by atoms with van der Waals surface area (Å²) in [5.41, 5.74) is 2.91. The van der Waals surface area contributed by atoms with Crippen molar-refractivity contribution in [3.05, 3.63) is 11.3 Å². The standard InChI is InChI=1S/C13H23N3/c1-9-7-14-12-11(6-13(3,4)5)10(2)15-16(12)8-9/h9,14H,6-8H2,1-5H3. The molecule has 1 aromatic heterocycles. The Morgan fingerprint density at radius 1 is 1.44 bits per heavy atom. The molecule has 2 rings (SSSR count). The van der Waals surface area contributed by atoms with Gasteiger partial charge >= 0.3 is 0 Å². The highest BCUT2D eigenvalue weighted by Crippen LogP contribution is 2.30. The van der Waals surface area contributed by atoms with Crippen LogP contribution in [0.3, 0.4) is 0 Å². The largest absolute Gasteiger partial charge is 0.370 e. The minimum atomic E-state index is 0.319. The number of nitrogens with one attached hydrogen (secondary N) is 1. The molecule has 16 heavy (non-hydrogen) atoms. The summed E-state index contributed by atoms with van der Waals surface area (Å²) in [5.74, 6) is 1.93. The van der Waals surface area contributed by atoms with E-state index in [-0.39, 0.29) is 0 Å². The molecule has 1 unspecified atom stereocenters. The molecule has 1 aromatic rings. The zero-order valence-electron chi connectivity index (χ0n) is 11.1. The summed E-state index contributed by atoms with van der Waals surface area (Å²) in [6, 6.07) is 0. The number of aryl methyl sites for hydroxylation is 1. The number of anilines is 1. The molecule has 1 aliphatic heterocycles. The molecule has 3 nitrogen and oxygen atoms in total. The van der Waals surface area contributed by atoms with E-state index in [0.29, 0.717) is 11.3 Å². The van der Waals surface area contributed by atoms with Crippen molar-refractivity contribution in [1.29, 1.82) is 0 Å². The van der Waals surface area contributed by atoms with Crippen LogP contribution in [0.4, 0.5) is 5.82 Å². The summed E-state index contributed by atoms with van der Waals surface area (Å²) in [6.45, 7) is 13.3. The Bertz CT molecular complexity index is 385. The Morgan fingerprint density at radius 3 is 2.75 bits per heavy atom. The van der Waals surface area contributed by atoms with Crippen LogP contribution in [0.1, 0.15) is 39.0 Å². The van der Waals surface area contributed by atoms with Crippen LogP contribution in [0.5, 0.6) is 0 Å². The van der Waals surface area contributed by atoms with E-state index in [2.05, 4.69) is 49.7 Å². The van der Waals surface area contributed by atoms with Crippen molar-refractivity contribution in [1.82, 2.24) is 9.78 Å². The van der Waals surface area contributed by atoms with Crippen LogP contribution in [0.15, 0.2) is 0 Å². The van der Waals surface area contributed by atoms with E-state index in [9.17, 15) is 0 Å². The molecule has 1 aliphatic rings. The lowest BCUT2D eigenvalue weighted by Crippen LogP contribution is -2.26. The second-order valence-electron chi connectivity index (χ2n) is 6.32. The minimum absolute atomic E-state index is 0.319. The molecule has 0 aromatic carbocycles. The predicted molar refractivity (Wildman–Crippen MR) is 67.8 cm³/mol. The summed E-state index contributed by atoms with van der Waals surface area (Å²) in [7, 11) is 0. The van der Waals surface area contributed by atoms with Gasteiger partial charge in [-0.1, -0.05) is 27.7 Å². The fourth-order valence-electron chi connectivity index (χ4n) is 2.32. The fourth-order valence-corrected chi connectivity index (χ4v) is 2.32. The molecular weight excluding hydrogens is 198 g/mol. The summed E-state index contributed by atoms with van der Waals surface area (Å²) in [5, 5.41) is 8.16. The van der Waals surface area contributed by atoms with Crippen LogP contribution in [-0.2, 0) is 13.0 Å². The van der Waals surface area contributed by atoms with Gasteiger partial charge in [0.1, 0.15) is 5.82 Å². The first-order valence-corrected chi connectivity index (χ1v) is 6.17. The van der Waals surface area contributed by atoms with Crippen molar-refractivity contribution < 1.29 is 0 Å². The molecule has 0 saturated carbocycles. The van der Waals surface area contributed by atoms with E-state index in [0.717, 1.165) is 19.5 Å². The molecule has 0 saturated heterocycles. The van der Waals surface area contributed by atoms with Gasteiger partial charge < -0.3 is 5.32 Å². The molecular formula is C13H23N3. The molecule has 90 valence electrons. The molecule has 0 fully saturated rings. The Kier molecular flexibility index (Phi) is 2.72. The van der Waals surface area contributed by atoms with Crippen LogP contribution < -0.4 is 5.32 Å². The average molecular weight is 221 g/mol. The van der Waals surface area contributed by atoms with Crippen molar-refractivity contribution in [3.8, 4) is 0 Å². The maximum atomic E-state index is 4.64. The summed E-state index contributed by atoms with van der Waals surface area (Å²) in [6.07, 6.45) is 1.09. The van der Waals surface area contributed by atoms with Gasteiger partial charge in [-0.3, -0.25) is 0 Å². The highest BCUT2D eigenvalue weighted by molar-refractivity contribution is 5.49.